The minimum Gasteiger partial charge on any atom is -0.282 e. The first-order chi connectivity index (χ1) is 7.81. The molecule has 2 rings (SSSR count). The van der Waals surface area contributed by atoms with Crippen molar-refractivity contribution < 1.29 is 4.79 Å². The molecule has 0 bridgehead atoms. The van der Waals surface area contributed by atoms with Crippen LogP contribution in [0.3, 0.4) is 0 Å². The standard InChI is InChI=1S/C11H12N4O/c1-9-7-11(13-12-8-16)15(14-9)10-5-3-2-4-6-10/h2-8,13H,1H3,(H,12,16). The maximum atomic E-state index is 10.2. The van der Waals surface area contributed by atoms with Gasteiger partial charge in [-0.2, -0.15) is 5.10 Å². The van der Waals surface area contributed by atoms with Gasteiger partial charge in [0.25, 0.3) is 0 Å². The number of para-hydroxylation sites is 1. The van der Waals surface area contributed by atoms with E-state index < -0.39 is 0 Å². The Balaban J connectivity index is 2.36. The van der Waals surface area contributed by atoms with Crippen LogP contribution in [-0.2, 0) is 4.79 Å². The third-order valence-corrected chi connectivity index (χ3v) is 2.09. The molecule has 1 aromatic heterocycles. The average Bonchev–Trinajstić information content (AvgIpc) is 2.69. The predicted molar refractivity (Wildman–Crippen MR) is 61.1 cm³/mol. The molecule has 0 aliphatic rings. The van der Waals surface area contributed by atoms with Crippen LogP contribution in [0.15, 0.2) is 36.4 Å². The van der Waals surface area contributed by atoms with Crippen molar-refractivity contribution in [2.24, 2.45) is 0 Å². The number of hydrazine groups is 1. The molecule has 2 aromatic rings. The SMILES string of the molecule is Cc1cc(NNC=O)n(-c2ccccc2)n1. The van der Waals surface area contributed by atoms with E-state index in [0.717, 1.165) is 17.2 Å². The molecule has 0 fully saturated rings. The largest absolute Gasteiger partial charge is 0.282 e. The lowest BCUT2D eigenvalue weighted by atomic mass is 10.3. The summed E-state index contributed by atoms with van der Waals surface area (Å²) in [6.07, 6.45) is 0.581. The number of amides is 1. The summed E-state index contributed by atoms with van der Waals surface area (Å²) in [4.78, 5) is 10.2. The first-order valence-corrected chi connectivity index (χ1v) is 4.88. The van der Waals surface area contributed by atoms with Crippen molar-refractivity contribution >= 4 is 12.2 Å². The zero-order chi connectivity index (χ0) is 11.4. The Hall–Kier alpha value is -2.30. The summed E-state index contributed by atoms with van der Waals surface area (Å²) in [7, 11) is 0. The second-order valence-corrected chi connectivity index (χ2v) is 3.31. The van der Waals surface area contributed by atoms with E-state index >= 15 is 0 Å². The third kappa shape index (κ3) is 2.03. The van der Waals surface area contributed by atoms with Crippen molar-refractivity contribution in [1.82, 2.24) is 15.2 Å². The van der Waals surface area contributed by atoms with Crippen LogP contribution < -0.4 is 10.9 Å². The third-order valence-electron chi connectivity index (χ3n) is 2.09. The first kappa shape index (κ1) is 10.2. The highest BCUT2D eigenvalue weighted by Crippen LogP contribution is 2.15. The number of aromatic nitrogens is 2. The van der Waals surface area contributed by atoms with Crippen molar-refractivity contribution in [1.29, 1.82) is 0 Å². The lowest BCUT2D eigenvalue weighted by molar-refractivity contribution is -0.109. The topological polar surface area (TPSA) is 58.9 Å². The Kier molecular flexibility index (Phi) is 2.86. The Labute approximate surface area is 93.1 Å². The highest BCUT2D eigenvalue weighted by atomic mass is 16.1. The number of nitrogens with one attached hydrogen (secondary N) is 2. The number of rotatable bonds is 4. The smallest absolute Gasteiger partial charge is 0.225 e. The van der Waals surface area contributed by atoms with Gasteiger partial charge in [0.15, 0.2) is 0 Å². The molecule has 0 unspecified atom stereocenters. The first-order valence-electron chi connectivity index (χ1n) is 4.88. The van der Waals surface area contributed by atoms with Crippen molar-refractivity contribution in [2.45, 2.75) is 6.92 Å². The van der Waals surface area contributed by atoms with Gasteiger partial charge in [-0.3, -0.25) is 15.6 Å². The number of nitrogens with zero attached hydrogens (tertiary/aromatic N) is 2. The van der Waals surface area contributed by atoms with Gasteiger partial charge in [-0.15, -0.1) is 0 Å². The van der Waals surface area contributed by atoms with Gasteiger partial charge in [0, 0.05) is 6.07 Å². The Morgan fingerprint density at radius 3 is 2.75 bits per heavy atom. The molecule has 0 saturated heterocycles. The van der Waals surface area contributed by atoms with Crippen LogP contribution >= 0.6 is 0 Å². The molecular weight excluding hydrogens is 204 g/mol. The van der Waals surface area contributed by atoms with E-state index in [9.17, 15) is 4.79 Å². The number of hydrogen-bond donors (Lipinski definition) is 2. The summed E-state index contributed by atoms with van der Waals surface area (Å²) in [5.41, 5.74) is 6.97. The molecule has 0 aliphatic heterocycles. The van der Waals surface area contributed by atoms with E-state index in [-0.39, 0.29) is 0 Å². The van der Waals surface area contributed by atoms with Gasteiger partial charge in [0.2, 0.25) is 6.41 Å². The lowest BCUT2D eigenvalue weighted by Gasteiger charge is -2.07. The van der Waals surface area contributed by atoms with E-state index in [0.29, 0.717) is 6.41 Å². The fourth-order valence-corrected chi connectivity index (χ4v) is 1.46. The Morgan fingerprint density at radius 1 is 1.31 bits per heavy atom. The van der Waals surface area contributed by atoms with Crippen molar-refractivity contribution in [3.63, 3.8) is 0 Å². The molecule has 1 heterocycles. The normalized spacial score (nSPS) is 9.81. The minimum atomic E-state index is 0.581. The molecule has 0 saturated carbocycles. The number of aryl methyl sites for hydroxylation is 1. The van der Waals surface area contributed by atoms with Gasteiger partial charge < -0.3 is 0 Å². The number of carbonyl (C=O) groups excluding carboxylic acids is 1. The highest BCUT2D eigenvalue weighted by Gasteiger charge is 2.05. The van der Waals surface area contributed by atoms with Crippen molar-refractivity contribution in [3.8, 4) is 5.69 Å². The van der Waals surface area contributed by atoms with Crippen molar-refractivity contribution in [2.75, 3.05) is 5.43 Å². The molecule has 0 atom stereocenters. The molecule has 5 heteroatoms. The minimum absolute atomic E-state index is 0.581. The zero-order valence-corrected chi connectivity index (χ0v) is 8.84. The van der Waals surface area contributed by atoms with E-state index in [4.69, 9.17) is 0 Å². The van der Waals surface area contributed by atoms with Gasteiger partial charge in [0.05, 0.1) is 11.4 Å². The van der Waals surface area contributed by atoms with Crippen LogP contribution in [0, 0.1) is 6.92 Å². The Bertz CT molecular complexity index is 478. The fourth-order valence-electron chi connectivity index (χ4n) is 1.46. The summed E-state index contributed by atoms with van der Waals surface area (Å²) in [5.74, 6) is 0.718. The summed E-state index contributed by atoms with van der Waals surface area (Å²) >= 11 is 0. The molecule has 0 aliphatic carbocycles. The van der Waals surface area contributed by atoms with Gasteiger partial charge in [-0.1, -0.05) is 18.2 Å². The van der Waals surface area contributed by atoms with Gasteiger partial charge in [0.1, 0.15) is 5.82 Å². The van der Waals surface area contributed by atoms with Crippen LogP contribution in [-0.4, -0.2) is 16.2 Å². The molecule has 1 aromatic carbocycles. The van der Waals surface area contributed by atoms with Crippen LogP contribution in [0.1, 0.15) is 5.69 Å². The Morgan fingerprint density at radius 2 is 2.06 bits per heavy atom. The summed E-state index contributed by atoms with van der Waals surface area (Å²) < 4.78 is 1.73. The molecule has 82 valence electrons. The second-order valence-electron chi connectivity index (χ2n) is 3.31. The molecule has 2 N–H and O–H groups in total. The number of benzene rings is 1. The summed E-state index contributed by atoms with van der Waals surface area (Å²) in [6, 6.07) is 11.5. The molecule has 0 radical (unpaired) electrons. The number of anilines is 1. The quantitative estimate of drug-likeness (QED) is 0.597. The zero-order valence-electron chi connectivity index (χ0n) is 8.84. The molecular formula is C11H12N4O. The van der Waals surface area contributed by atoms with Gasteiger partial charge in [-0.05, 0) is 19.1 Å². The van der Waals surface area contributed by atoms with E-state index in [1.165, 1.54) is 0 Å². The average molecular weight is 216 g/mol. The molecule has 1 amide bonds. The summed E-state index contributed by atoms with van der Waals surface area (Å²) in [6.45, 7) is 1.89. The van der Waals surface area contributed by atoms with Crippen LogP contribution in [0.5, 0.6) is 0 Å². The monoisotopic (exact) mass is 216 g/mol. The van der Waals surface area contributed by atoms with E-state index in [2.05, 4.69) is 16.0 Å². The number of hydrogen-bond acceptors (Lipinski definition) is 3. The fraction of sp³-hybridized carbons (Fsp3) is 0.0909. The van der Waals surface area contributed by atoms with Crippen LogP contribution in [0.25, 0.3) is 5.69 Å². The molecule has 5 nitrogen and oxygen atoms in total. The van der Waals surface area contributed by atoms with E-state index in [1.807, 2.05) is 43.3 Å². The summed E-state index contributed by atoms with van der Waals surface area (Å²) in [5, 5.41) is 4.33. The van der Waals surface area contributed by atoms with Gasteiger partial charge >= 0.3 is 0 Å². The molecule has 0 spiro atoms. The van der Waals surface area contributed by atoms with Crippen molar-refractivity contribution in [3.05, 3.63) is 42.1 Å². The molecule has 16 heavy (non-hydrogen) atoms. The number of carbonyl (C=O) groups is 1. The lowest BCUT2D eigenvalue weighted by Crippen LogP contribution is -2.21. The maximum Gasteiger partial charge on any atom is 0.225 e. The van der Waals surface area contributed by atoms with Crippen LogP contribution in [0.4, 0.5) is 5.82 Å². The van der Waals surface area contributed by atoms with E-state index in [1.54, 1.807) is 4.68 Å². The van der Waals surface area contributed by atoms with Gasteiger partial charge in [-0.25, -0.2) is 4.68 Å². The maximum absolute atomic E-state index is 10.2. The predicted octanol–water partition coefficient (Wildman–Crippen LogP) is 1.25. The highest BCUT2D eigenvalue weighted by molar-refractivity contribution is 5.53. The second kappa shape index (κ2) is 4.48. The van der Waals surface area contributed by atoms with Crippen LogP contribution in [0.2, 0.25) is 0 Å².